The van der Waals surface area contributed by atoms with Gasteiger partial charge in [-0.25, -0.2) is 14.7 Å². The van der Waals surface area contributed by atoms with Gasteiger partial charge in [-0.2, -0.15) is 8.42 Å². The SMILES string of the molecule is COc1ccc(-c2cc(N3CCC(CCNS(=O)(=O)NN)CC3)ncn2)cc1OC. The highest BCUT2D eigenvalue weighted by atomic mass is 32.2. The van der Waals surface area contributed by atoms with E-state index in [4.69, 9.17) is 15.3 Å². The number of aromatic nitrogens is 2. The molecule has 0 unspecified atom stereocenters. The summed E-state index contributed by atoms with van der Waals surface area (Å²) in [7, 11) is -0.370. The highest BCUT2D eigenvalue weighted by molar-refractivity contribution is 7.87. The first-order valence-corrected chi connectivity index (χ1v) is 11.2. The van der Waals surface area contributed by atoms with Gasteiger partial charge in [0.2, 0.25) is 0 Å². The third-order valence-electron chi connectivity index (χ3n) is 5.27. The van der Waals surface area contributed by atoms with Gasteiger partial charge in [-0.15, -0.1) is 4.83 Å². The lowest BCUT2D eigenvalue weighted by molar-refractivity contribution is 0.355. The summed E-state index contributed by atoms with van der Waals surface area (Å²) in [4.78, 5) is 12.8. The number of piperidine rings is 1. The number of nitrogens with two attached hydrogens (primary N) is 1. The second-order valence-corrected chi connectivity index (χ2v) is 8.60. The van der Waals surface area contributed by atoms with Crippen molar-refractivity contribution in [2.75, 3.05) is 38.8 Å². The summed E-state index contributed by atoms with van der Waals surface area (Å²) in [6.45, 7) is 2.08. The molecule has 1 fully saturated rings. The number of ether oxygens (including phenoxy) is 2. The summed E-state index contributed by atoms with van der Waals surface area (Å²) in [5.74, 6) is 7.61. The molecule has 0 radical (unpaired) electrons. The van der Waals surface area contributed by atoms with Crippen molar-refractivity contribution in [3.8, 4) is 22.8 Å². The number of benzene rings is 1. The first kappa shape index (κ1) is 22.2. The minimum absolute atomic E-state index is 0.369. The molecule has 1 aromatic heterocycles. The molecule has 0 bridgehead atoms. The van der Waals surface area contributed by atoms with Crippen molar-refractivity contribution in [3.63, 3.8) is 0 Å². The largest absolute Gasteiger partial charge is 0.493 e. The van der Waals surface area contributed by atoms with Gasteiger partial charge in [-0.1, -0.05) is 0 Å². The summed E-state index contributed by atoms with van der Waals surface area (Å²) in [6.07, 6.45) is 4.28. The first-order valence-electron chi connectivity index (χ1n) is 9.72. The van der Waals surface area contributed by atoms with E-state index in [0.717, 1.165) is 49.4 Å². The van der Waals surface area contributed by atoms with Crippen LogP contribution in [0.5, 0.6) is 11.5 Å². The van der Waals surface area contributed by atoms with Crippen LogP contribution in [0, 0.1) is 5.92 Å². The van der Waals surface area contributed by atoms with Gasteiger partial charge in [-0.3, -0.25) is 5.84 Å². The average molecular weight is 437 g/mol. The van der Waals surface area contributed by atoms with E-state index in [1.807, 2.05) is 24.3 Å². The Balaban J connectivity index is 1.61. The van der Waals surface area contributed by atoms with Gasteiger partial charge in [0.05, 0.1) is 19.9 Å². The Bertz CT molecular complexity index is 948. The molecule has 30 heavy (non-hydrogen) atoms. The molecule has 2 heterocycles. The topological polar surface area (TPSA) is 132 Å². The second-order valence-electron chi connectivity index (χ2n) is 7.07. The van der Waals surface area contributed by atoms with E-state index in [1.54, 1.807) is 25.4 Å². The molecule has 0 amide bonds. The lowest BCUT2D eigenvalue weighted by Crippen LogP contribution is -2.42. The molecular formula is C19H28N6O4S. The monoisotopic (exact) mass is 436 g/mol. The van der Waals surface area contributed by atoms with Crippen LogP contribution in [0.3, 0.4) is 0 Å². The van der Waals surface area contributed by atoms with Crippen LogP contribution in [0.15, 0.2) is 30.6 Å². The molecule has 0 spiro atoms. The fourth-order valence-electron chi connectivity index (χ4n) is 3.56. The molecule has 0 atom stereocenters. The van der Waals surface area contributed by atoms with Crippen molar-refractivity contribution in [3.05, 3.63) is 30.6 Å². The van der Waals surface area contributed by atoms with Crippen molar-refractivity contribution in [2.24, 2.45) is 11.8 Å². The van der Waals surface area contributed by atoms with Gasteiger partial charge in [0.1, 0.15) is 12.1 Å². The summed E-state index contributed by atoms with van der Waals surface area (Å²) < 4.78 is 35.7. The molecule has 3 rings (SSSR count). The summed E-state index contributed by atoms with van der Waals surface area (Å²) in [5, 5.41) is 0. The van der Waals surface area contributed by atoms with E-state index in [2.05, 4.69) is 19.6 Å². The summed E-state index contributed by atoms with van der Waals surface area (Å²) >= 11 is 0. The Hall–Kier alpha value is -2.47. The van der Waals surface area contributed by atoms with Gasteiger partial charge in [0, 0.05) is 31.3 Å². The van der Waals surface area contributed by atoms with Crippen molar-refractivity contribution in [1.82, 2.24) is 19.5 Å². The van der Waals surface area contributed by atoms with Crippen LogP contribution in [0.25, 0.3) is 11.3 Å². The smallest absolute Gasteiger partial charge is 0.289 e. The van der Waals surface area contributed by atoms with Crippen molar-refractivity contribution >= 4 is 16.0 Å². The molecule has 10 nitrogen and oxygen atoms in total. The minimum atomic E-state index is -3.58. The molecule has 1 saturated heterocycles. The number of hydrogen-bond donors (Lipinski definition) is 3. The molecule has 2 aromatic rings. The van der Waals surface area contributed by atoms with Gasteiger partial charge in [0.25, 0.3) is 10.2 Å². The molecule has 1 aromatic carbocycles. The number of methoxy groups -OCH3 is 2. The van der Waals surface area contributed by atoms with Crippen molar-refractivity contribution < 1.29 is 17.9 Å². The molecule has 0 saturated carbocycles. The lowest BCUT2D eigenvalue weighted by atomic mass is 9.93. The number of hydrazine groups is 1. The van der Waals surface area contributed by atoms with E-state index in [9.17, 15) is 8.42 Å². The minimum Gasteiger partial charge on any atom is -0.493 e. The zero-order valence-electron chi connectivity index (χ0n) is 17.2. The normalized spacial score (nSPS) is 15.2. The Morgan fingerprint density at radius 3 is 2.53 bits per heavy atom. The molecular weight excluding hydrogens is 408 g/mol. The molecule has 1 aliphatic heterocycles. The fraction of sp³-hybridized carbons (Fsp3) is 0.474. The standard InChI is InChI=1S/C19H28N6O4S/c1-28-17-4-3-15(11-18(17)29-2)16-12-19(22-13-21-16)25-9-6-14(7-10-25)5-8-23-30(26,27)24-20/h3-4,11-14,23-24H,5-10,20H2,1-2H3. The maximum absolute atomic E-state index is 11.3. The van der Waals surface area contributed by atoms with E-state index < -0.39 is 10.2 Å². The van der Waals surface area contributed by atoms with Crippen LogP contribution in [0.4, 0.5) is 5.82 Å². The third-order valence-corrected chi connectivity index (χ3v) is 6.16. The van der Waals surface area contributed by atoms with Crippen LogP contribution in [-0.4, -0.2) is 52.2 Å². The van der Waals surface area contributed by atoms with Crippen LogP contribution in [-0.2, 0) is 10.2 Å². The third kappa shape index (κ3) is 5.57. The van der Waals surface area contributed by atoms with Gasteiger partial charge in [0.15, 0.2) is 11.5 Å². The second kappa shape index (κ2) is 10.0. The van der Waals surface area contributed by atoms with E-state index in [1.165, 1.54) is 0 Å². The fourth-order valence-corrected chi connectivity index (χ4v) is 4.03. The Kier molecular flexibility index (Phi) is 7.43. The maximum atomic E-state index is 11.3. The van der Waals surface area contributed by atoms with Crippen LogP contribution < -0.4 is 29.8 Å². The number of rotatable bonds is 9. The zero-order chi connectivity index (χ0) is 21.6. The quantitative estimate of drug-likeness (QED) is 0.393. The Morgan fingerprint density at radius 1 is 1.13 bits per heavy atom. The van der Waals surface area contributed by atoms with Crippen LogP contribution in [0.2, 0.25) is 0 Å². The van der Waals surface area contributed by atoms with E-state index >= 15 is 0 Å². The number of nitrogens with one attached hydrogen (secondary N) is 2. The number of nitrogens with zero attached hydrogens (tertiary/aromatic N) is 3. The summed E-state index contributed by atoms with van der Waals surface area (Å²) in [5.41, 5.74) is 1.73. The van der Waals surface area contributed by atoms with E-state index in [0.29, 0.717) is 24.0 Å². The average Bonchev–Trinajstić information content (AvgIpc) is 2.79. The number of anilines is 1. The Morgan fingerprint density at radius 2 is 1.87 bits per heavy atom. The first-order chi connectivity index (χ1) is 14.5. The maximum Gasteiger partial charge on any atom is 0.289 e. The number of hydrogen-bond acceptors (Lipinski definition) is 8. The lowest BCUT2D eigenvalue weighted by Gasteiger charge is -2.32. The highest BCUT2D eigenvalue weighted by Gasteiger charge is 2.21. The van der Waals surface area contributed by atoms with Gasteiger partial charge >= 0.3 is 0 Å². The molecule has 0 aliphatic carbocycles. The zero-order valence-corrected chi connectivity index (χ0v) is 18.0. The van der Waals surface area contributed by atoms with Crippen molar-refractivity contribution in [1.29, 1.82) is 0 Å². The van der Waals surface area contributed by atoms with Crippen molar-refractivity contribution in [2.45, 2.75) is 19.3 Å². The van der Waals surface area contributed by atoms with Gasteiger partial charge in [-0.05, 0) is 43.4 Å². The van der Waals surface area contributed by atoms with Crippen LogP contribution >= 0.6 is 0 Å². The molecule has 1 aliphatic rings. The predicted octanol–water partition coefficient (Wildman–Crippen LogP) is 1.07. The van der Waals surface area contributed by atoms with Gasteiger partial charge < -0.3 is 14.4 Å². The summed E-state index contributed by atoms with van der Waals surface area (Å²) in [6, 6.07) is 7.67. The highest BCUT2D eigenvalue weighted by Crippen LogP contribution is 2.32. The Labute approximate surface area is 176 Å². The molecule has 4 N–H and O–H groups in total. The molecule has 164 valence electrons. The molecule has 11 heteroatoms. The van der Waals surface area contributed by atoms with Crippen LogP contribution in [0.1, 0.15) is 19.3 Å². The predicted molar refractivity (Wildman–Crippen MR) is 114 cm³/mol. The van der Waals surface area contributed by atoms with E-state index in [-0.39, 0.29) is 0 Å².